The van der Waals surface area contributed by atoms with Crippen molar-refractivity contribution in [3.05, 3.63) is 125 Å². The van der Waals surface area contributed by atoms with Crippen molar-refractivity contribution < 1.29 is 43.2 Å². The van der Waals surface area contributed by atoms with Gasteiger partial charge in [-0.25, -0.2) is 9.97 Å². The predicted molar refractivity (Wildman–Crippen MR) is 265 cm³/mol. The van der Waals surface area contributed by atoms with Crippen LogP contribution in [0.25, 0.3) is 43.4 Å². The molecule has 6 heterocycles. The molecular formula is C53H57N7O9S. The number of amides is 3. The van der Waals surface area contributed by atoms with E-state index in [0.717, 1.165) is 60.2 Å². The van der Waals surface area contributed by atoms with Gasteiger partial charge in [-0.2, -0.15) is 0 Å². The fourth-order valence-electron chi connectivity index (χ4n) is 9.13. The maximum atomic E-state index is 14.2. The number of aliphatic hydroxyl groups excluding tert-OH is 1. The molecule has 17 heteroatoms. The molecule has 1 saturated heterocycles. The molecule has 0 saturated carbocycles. The van der Waals surface area contributed by atoms with Gasteiger partial charge in [0, 0.05) is 89.2 Å². The minimum absolute atomic E-state index is 0.00116. The summed E-state index contributed by atoms with van der Waals surface area (Å²) in [7, 11) is 0. The molecule has 364 valence electrons. The molecule has 0 spiro atoms. The zero-order valence-electron chi connectivity index (χ0n) is 39.5. The van der Waals surface area contributed by atoms with E-state index in [1.165, 1.54) is 16.2 Å². The molecule has 0 bridgehead atoms. The molecule has 70 heavy (non-hydrogen) atoms. The SMILES string of the molecule is Cc1ncsc1-c1ccc(CNC(=O)[C@@H]2C[C@@H](O)CN2C(=O)C(C(C)C)N2Cc3ccccc3C2=O)c(OCCOCCOCCOCCOc2ccc(-c3ccc4c(c3)[nH]c3ccncc34)cn2)c1. The number of aromatic nitrogens is 4. The van der Waals surface area contributed by atoms with Gasteiger partial charge < -0.3 is 48.9 Å². The van der Waals surface area contributed by atoms with Crippen molar-refractivity contribution in [2.24, 2.45) is 5.92 Å². The van der Waals surface area contributed by atoms with Gasteiger partial charge in [0.25, 0.3) is 5.91 Å². The number of fused-ring (bicyclic) bond motifs is 4. The normalized spacial score (nSPS) is 16.1. The maximum absolute atomic E-state index is 14.2. The van der Waals surface area contributed by atoms with Gasteiger partial charge >= 0.3 is 0 Å². The van der Waals surface area contributed by atoms with Gasteiger partial charge in [-0.1, -0.05) is 56.3 Å². The van der Waals surface area contributed by atoms with Crippen LogP contribution in [0.5, 0.6) is 11.6 Å². The largest absolute Gasteiger partial charge is 0.491 e. The van der Waals surface area contributed by atoms with E-state index in [9.17, 15) is 19.5 Å². The Morgan fingerprint density at radius 3 is 2.30 bits per heavy atom. The van der Waals surface area contributed by atoms with Gasteiger partial charge in [0.1, 0.15) is 31.0 Å². The number of hydrogen-bond donors (Lipinski definition) is 3. The number of pyridine rings is 2. The third kappa shape index (κ3) is 11.0. The number of β-amino-alcohol motifs (C(OH)–C–C–N with tert-alkyl or cyclic N) is 1. The second-order valence-electron chi connectivity index (χ2n) is 17.7. The van der Waals surface area contributed by atoms with Gasteiger partial charge in [0.05, 0.1) is 61.8 Å². The number of aromatic amines is 1. The first-order chi connectivity index (χ1) is 34.1. The molecule has 9 rings (SSSR count). The van der Waals surface area contributed by atoms with Crippen molar-refractivity contribution in [1.29, 1.82) is 0 Å². The highest BCUT2D eigenvalue weighted by molar-refractivity contribution is 7.13. The van der Waals surface area contributed by atoms with Crippen LogP contribution in [0.4, 0.5) is 0 Å². The number of rotatable bonds is 22. The number of ether oxygens (including phenoxy) is 5. The van der Waals surface area contributed by atoms with Crippen LogP contribution in [0, 0.1) is 12.8 Å². The van der Waals surface area contributed by atoms with Crippen molar-refractivity contribution in [3.8, 4) is 33.2 Å². The first-order valence-corrected chi connectivity index (χ1v) is 24.5. The smallest absolute Gasteiger partial charge is 0.255 e. The minimum atomic E-state index is -0.908. The molecular weight excluding hydrogens is 911 g/mol. The van der Waals surface area contributed by atoms with Crippen LogP contribution in [0.1, 0.15) is 47.4 Å². The fraction of sp³-hybridized carbons (Fsp3) is 0.358. The molecule has 0 radical (unpaired) electrons. The Labute approximate surface area is 409 Å². The summed E-state index contributed by atoms with van der Waals surface area (Å²) in [6.45, 7) is 9.01. The van der Waals surface area contributed by atoms with Gasteiger partial charge in [-0.3, -0.25) is 19.4 Å². The molecule has 16 nitrogen and oxygen atoms in total. The van der Waals surface area contributed by atoms with Crippen LogP contribution in [0.3, 0.4) is 0 Å². The molecule has 1 unspecified atom stereocenters. The van der Waals surface area contributed by atoms with Gasteiger partial charge in [0.2, 0.25) is 17.7 Å². The predicted octanol–water partition coefficient (Wildman–Crippen LogP) is 6.98. The lowest BCUT2D eigenvalue weighted by molar-refractivity contribution is -0.143. The van der Waals surface area contributed by atoms with Gasteiger partial charge in [-0.05, 0) is 59.9 Å². The highest BCUT2D eigenvalue weighted by atomic mass is 32.1. The number of carbonyl (C=O) groups excluding carboxylic acids is 3. The van der Waals surface area contributed by atoms with E-state index >= 15 is 0 Å². The van der Waals surface area contributed by atoms with Crippen molar-refractivity contribution in [2.75, 3.05) is 59.4 Å². The molecule has 3 N–H and O–H groups in total. The number of aryl methyl sites for hydroxylation is 1. The van der Waals surface area contributed by atoms with E-state index in [1.807, 2.05) is 81.6 Å². The lowest BCUT2D eigenvalue weighted by Gasteiger charge is -2.35. The maximum Gasteiger partial charge on any atom is 0.255 e. The van der Waals surface area contributed by atoms with Gasteiger partial charge in [0.15, 0.2) is 0 Å². The Kier molecular flexibility index (Phi) is 15.4. The molecule has 7 aromatic rings. The van der Waals surface area contributed by atoms with Crippen LogP contribution in [-0.4, -0.2) is 130 Å². The van der Waals surface area contributed by atoms with Crippen LogP contribution in [0.2, 0.25) is 0 Å². The molecule has 3 atom stereocenters. The zero-order valence-corrected chi connectivity index (χ0v) is 40.3. The Balaban J connectivity index is 0.692. The second kappa shape index (κ2) is 22.3. The van der Waals surface area contributed by atoms with Crippen LogP contribution in [0.15, 0.2) is 103 Å². The van der Waals surface area contributed by atoms with E-state index in [-0.39, 0.29) is 43.8 Å². The van der Waals surface area contributed by atoms with Crippen LogP contribution in [-0.2, 0) is 36.9 Å². The third-order valence-electron chi connectivity index (χ3n) is 12.6. The fourth-order valence-corrected chi connectivity index (χ4v) is 9.93. The molecule has 3 amide bonds. The molecule has 4 aromatic heterocycles. The average Bonchev–Trinajstić information content (AvgIpc) is 4.16. The summed E-state index contributed by atoms with van der Waals surface area (Å²) in [6, 6.07) is 23.6. The number of nitrogens with zero attached hydrogens (tertiary/aromatic N) is 5. The number of carbonyl (C=O) groups is 3. The quantitative estimate of drug-likeness (QED) is 0.0592. The monoisotopic (exact) mass is 967 g/mol. The summed E-state index contributed by atoms with van der Waals surface area (Å²) < 4.78 is 29.2. The topological polar surface area (TPSA) is 191 Å². The number of benzene rings is 3. The number of aliphatic hydroxyl groups is 1. The van der Waals surface area contributed by atoms with Crippen LogP contribution >= 0.6 is 11.3 Å². The second-order valence-corrected chi connectivity index (χ2v) is 18.6. The van der Waals surface area contributed by atoms with E-state index in [2.05, 4.69) is 43.5 Å². The summed E-state index contributed by atoms with van der Waals surface area (Å²) in [5, 5.41) is 16.0. The highest BCUT2D eigenvalue weighted by Gasteiger charge is 2.46. The van der Waals surface area contributed by atoms with E-state index in [4.69, 9.17) is 23.7 Å². The lowest BCUT2D eigenvalue weighted by atomic mass is 10.0. The van der Waals surface area contributed by atoms with Crippen molar-refractivity contribution in [3.63, 3.8) is 0 Å². The number of hydrogen-bond acceptors (Lipinski definition) is 13. The first kappa shape index (κ1) is 48.3. The Bertz CT molecular complexity index is 2940. The van der Waals surface area contributed by atoms with Gasteiger partial charge in [-0.15, -0.1) is 11.3 Å². The van der Waals surface area contributed by atoms with Crippen LogP contribution < -0.4 is 14.8 Å². The minimum Gasteiger partial charge on any atom is -0.491 e. The van der Waals surface area contributed by atoms with Crippen molar-refractivity contribution >= 4 is 50.9 Å². The van der Waals surface area contributed by atoms with Crippen molar-refractivity contribution in [2.45, 2.75) is 58.5 Å². The first-order valence-electron chi connectivity index (χ1n) is 23.6. The lowest BCUT2D eigenvalue weighted by Crippen LogP contribution is -2.55. The molecule has 1 fully saturated rings. The number of likely N-dealkylation sites (tertiary alicyclic amines) is 1. The molecule has 2 aliphatic heterocycles. The Morgan fingerprint density at radius 2 is 1.57 bits per heavy atom. The summed E-state index contributed by atoms with van der Waals surface area (Å²) in [5.41, 5.74) is 9.95. The van der Waals surface area contributed by atoms with E-state index in [1.54, 1.807) is 28.9 Å². The summed E-state index contributed by atoms with van der Waals surface area (Å²) in [4.78, 5) is 62.2. The standard InChI is InChI=1S/C53H57N7O9S/c1-33(2)49(60-30-39-6-4-5-7-41(39)52(60)63)53(64)59-31-40(61)26-46(59)51(62)56-28-38-9-8-36(50-34(3)57-32-70-50)25-47(38)68-22-20-66-18-16-65-17-19-67-21-23-69-48-13-11-37(27-55-48)35-10-12-42-43-29-54-15-14-44(43)58-45(42)24-35/h4-15,24-25,27,29,32-33,40,46,49,58,61H,16-23,26,28,30-31H2,1-3H3,(H,56,62)/t40-,46+,49?/m1/s1. The highest BCUT2D eigenvalue weighted by Crippen LogP contribution is 2.34. The van der Waals surface area contributed by atoms with Crippen molar-refractivity contribution in [1.82, 2.24) is 35.1 Å². The molecule has 0 aliphatic carbocycles. The van der Waals surface area contributed by atoms with E-state index < -0.39 is 24.1 Å². The number of H-pyrrole nitrogens is 1. The Morgan fingerprint density at radius 1 is 0.829 bits per heavy atom. The molecule has 2 aliphatic rings. The molecule has 3 aromatic carbocycles. The summed E-state index contributed by atoms with van der Waals surface area (Å²) in [5.74, 6) is -0.0887. The number of thiazole rings is 1. The average molecular weight is 968 g/mol. The summed E-state index contributed by atoms with van der Waals surface area (Å²) in [6.07, 6.45) is 4.68. The zero-order chi connectivity index (χ0) is 48.6. The summed E-state index contributed by atoms with van der Waals surface area (Å²) >= 11 is 1.53. The number of nitrogens with one attached hydrogen (secondary N) is 2. The third-order valence-corrected chi connectivity index (χ3v) is 13.6. The van der Waals surface area contributed by atoms with E-state index in [0.29, 0.717) is 70.0 Å². The Hall–Kier alpha value is -6.76.